The minimum Gasteiger partial charge on any atom is -0.481 e. The Labute approximate surface area is 119 Å². The van der Waals surface area contributed by atoms with E-state index in [1.165, 1.54) is 25.7 Å². The molecule has 3 rings (SSSR count). The third-order valence-corrected chi connectivity index (χ3v) is 5.22. The van der Waals surface area contributed by atoms with Gasteiger partial charge in [0.2, 0.25) is 0 Å². The molecule has 5 nitrogen and oxygen atoms in total. The number of likely N-dealkylation sites (tertiary alicyclic amines) is 1. The second-order valence-electron chi connectivity index (χ2n) is 7.08. The number of hydrogen-bond donors (Lipinski definition) is 2. The molecular formula is C15H24N2O3. The van der Waals surface area contributed by atoms with Crippen molar-refractivity contribution < 1.29 is 14.7 Å². The van der Waals surface area contributed by atoms with E-state index in [1.807, 2.05) is 6.92 Å². The summed E-state index contributed by atoms with van der Waals surface area (Å²) in [7, 11) is 0. The molecular weight excluding hydrogens is 256 g/mol. The van der Waals surface area contributed by atoms with Gasteiger partial charge in [-0.3, -0.25) is 4.79 Å². The van der Waals surface area contributed by atoms with Crippen LogP contribution in [0.4, 0.5) is 4.79 Å². The Kier molecular flexibility index (Phi) is 3.38. The minimum atomic E-state index is -0.786. The Morgan fingerprint density at radius 1 is 1.30 bits per heavy atom. The smallest absolute Gasteiger partial charge is 0.317 e. The summed E-state index contributed by atoms with van der Waals surface area (Å²) in [4.78, 5) is 25.1. The summed E-state index contributed by atoms with van der Waals surface area (Å²) < 4.78 is 0. The number of aliphatic carboxylic acids is 1. The van der Waals surface area contributed by atoms with Gasteiger partial charge in [-0.25, -0.2) is 4.79 Å². The lowest BCUT2D eigenvalue weighted by molar-refractivity contribution is -0.143. The molecule has 0 aromatic heterocycles. The van der Waals surface area contributed by atoms with Crippen LogP contribution in [0.2, 0.25) is 0 Å². The number of rotatable bonds is 4. The van der Waals surface area contributed by atoms with Gasteiger partial charge in [-0.1, -0.05) is 6.92 Å². The molecule has 2 unspecified atom stereocenters. The van der Waals surface area contributed by atoms with Gasteiger partial charge in [0, 0.05) is 19.6 Å². The summed E-state index contributed by atoms with van der Waals surface area (Å²) in [6, 6.07) is -0.0743. The first-order valence-electron chi connectivity index (χ1n) is 7.76. The van der Waals surface area contributed by atoms with Crippen LogP contribution in [0.5, 0.6) is 0 Å². The second kappa shape index (κ2) is 4.93. The number of hydrogen-bond acceptors (Lipinski definition) is 2. The molecule has 3 aliphatic rings. The highest BCUT2D eigenvalue weighted by Crippen LogP contribution is 2.60. The summed E-state index contributed by atoms with van der Waals surface area (Å²) in [6.45, 7) is 3.81. The van der Waals surface area contributed by atoms with Gasteiger partial charge in [0.25, 0.3) is 0 Å². The minimum absolute atomic E-state index is 0.0743. The van der Waals surface area contributed by atoms with Gasteiger partial charge in [0.05, 0.1) is 5.92 Å². The highest BCUT2D eigenvalue weighted by molar-refractivity contribution is 5.76. The maximum atomic E-state index is 12.3. The molecule has 1 saturated heterocycles. The summed E-state index contributed by atoms with van der Waals surface area (Å²) in [5.74, 6) is -0.113. The third kappa shape index (κ3) is 2.76. The standard InChI is InChI=1S/C15H24N2O3/c1-10-6-11(13(18)19)8-17(7-10)14(20)16-9-15(4-5-15)12-2-3-12/h10-12H,2-9H2,1H3,(H,16,20)(H,18,19). The quantitative estimate of drug-likeness (QED) is 0.826. The van der Waals surface area contributed by atoms with Crippen LogP contribution in [-0.2, 0) is 4.79 Å². The van der Waals surface area contributed by atoms with E-state index >= 15 is 0 Å². The fourth-order valence-electron chi connectivity index (χ4n) is 3.65. The molecule has 0 radical (unpaired) electrons. The van der Waals surface area contributed by atoms with Gasteiger partial charge in [0.1, 0.15) is 0 Å². The maximum Gasteiger partial charge on any atom is 0.317 e. The monoisotopic (exact) mass is 280 g/mol. The highest BCUT2D eigenvalue weighted by Gasteiger charge is 2.53. The molecule has 0 aromatic carbocycles. The number of amides is 2. The summed E-state index contributed by atoms with van der Waals surface area (Å²) in [5.41, 5.74) is 0.392. The molecule has 0 spiro atoms. The van der Waals surface area contributed by atoms with Crippen molar-refractivity contribution in [2.24, 2.45) is 23.2 Å². The molecule has 0 aromatic rings. The molecule has 5 heteroatoms. The van der Waals surface area contributed by atoms with Crippen LogP contribution in [0.3, 0.4) is 0 Å². The number of nitrogens with one attached hydrogen (secondary N) is 1. The zero-order valence-corrected chi connectivity index (χ0v) is 12.1. The van der Waals surface area contributed by atoms with Gasteiger partial charge >= 0.3 is 12.0 Å². The van der Waals surface area contributed by atoms with Crippen molar-refractivity contribution in [3.8, 4) is 0 Å². The van der Waals surface area contributed by atoms with Crippen LogP contribution in [-0.4, -0.2) is 41.6 Å². The van der Waals surface area contributed by atoms with Crippen molar-refractivity contribution in [1.82, 2.24) is 10.2 Å². The number of carbonyl (C=O) groups is 2. The molecule has 2 aliphatic carbocycles. The summed E-state index contributed by atoms with van der Waals surface area (Å²) >= 11 is 0. The molecule has 1 aliphatic heterocycles. The van der Waals surface area contributed by atoms with E-state index < -0.39 is 11.9 Å². The number of nitrogens with zero attached hydrogens (tertiary/aromatic N) is 1. The van der Waals surface area contributed by atoms with Gasteiger partial charge in [0.15, 0.2) is 0 Å². The van der Waals surface area contributed by atoms with Crippen molar-refractivity contribution in [2.45, 2.75) is 39.0 Å². The van der Waals surface area contributed by atoms with Crippen molar-refractivity contribution in [2.75, 3.05) is 19.6 Å². The first-order valence-corrected chi connectivity index (χ1v) is 7.76. The molecule has 2 atom stereocenters. The van der Waals surface area contributed by atoms with Crippen LogP contribution < -0.4 is 5.32 Å². The van der Waals surface area contributed by atoms with Gasteiger partial charge in [-0.15, -0.1) is 0 Å². The van der Waals surface area contributed by atoms with Gasteiger partial charge in [-0.2, -0.15) is 0 Å². The lowest BCUT2D eigenvalue weighted by Crippen LogP contribution is -2.50. The van der Waals surface area contributed by atoms with Crippen LogP contribution in [0, 0.1) is 23.2 Å². The first-order chi connectivity index (χ1) is 9.50. The van der Waals surface area contributed by atoms with Crippen molar-refractivity contribution >= 4 is 12.0 Å². The van der Waals surface area contributed by atoms with Gasteiger partial charge in [-0.05, 0) is 49.4 Å². The Balaban J connectivity index is 1.52. The SMILES string of the molecule is CC1CC(C(=O)O)CN(C(=O)NCC2(C3CC3)CC2)C1. The Hall–Kier alpha value is -1.26. The Bertz CT molecular complexity index is 415. The summed E-state index contributed by atoms with van der Waals surface area (Å²) in [6.07, 6.45) is 5.79. The lowest BCUT2D eigenvalue weighted by atomic mass is 9.91. The summed E-state index contributed by atoms with van der Waals surface area (Å²) in [5, 5.41) is 12.2. The van der Waals surface area contributed by atoms with Crippen molar-refractivity contribution in [3.63, 3.8) is 0 Å². The number of carbonyl (C=O) groups excluding carboxylic acids is 1. The van der Waals surface area contributed by atoms with Crippen molar-refractivity contribution in [1.29, 1.82) is 0 Å². The van der Waals surface area contributed by atoms with E-state index in [0.29, 0.717) is 24.9 Å². The third-order valence-electron chi connectivity index (χ3n) is 5.22. The zero-order chi connectivity index (χ0) is 14.3. The average molecular weight is 280 g/mol. The van der Waals surface area contributed by atoms with Crippen LogP contribution >= 0.6 is 0 Å². The van der Waals surface area contributed by atoms with E-state index in [4.69, 9.17) is 5.11 Å². The number of piperidine rings is 1. The first kappa shape index (κ1) is 13.7. The van der Waals surface area contributed by atoms with Crippen LogP contribution in [0.25, 0.3) is 0 Å². The lowest BCUT2D eigenvalue weighted by Gasteiger charge is -2.35. The fraction of sp³-hybridized carbons (Fsp3) is 0.867. The maximum absolute atomic E-state index is 12.3. The molecule has 3 fully saturated rings. The number of carboxylic acid groups (broad SMARTS) is 1. The highest BCUT2D eigenvalue weighted by atomic mass is 16.4. The predicted molar refractivity (Wildman–Crippen MR) is 74.3 cm³/mol. The van der Waals surface area contributed by atoms with E-state index in [2.05, 4.69) is 5.32 Å². The Morgan fingerprint density at radius 2 is 2.00 bits per heavy atom. The van der Waals surface area contributed by atoms with E-state index in [1.54, 1.807) is 4.90 Å². The van der Waals surface area contributed by atoms with Crippen LogP contribution in [0.1, 0.15) is 39.0 Å². The van der Waals surface area contributed by atoms with E-state index in [-0.39, 0.29) is 11.9 Å². The van der Waals surface area contributed by atoms with Crippen LogP contribution in [0.15, 0.2) is 0 Å². The van der Waals surface area contributed by atoms with E-state index in [0.717, 1.165) is 12.5 Å². The number of carboxylic acids is 1. The average Bonchev–Trinajstić information content (AvgIpc) is 3.27. The van der Waals surface area contributed by atoms with Gasteiger partial charge < -0.3 is 15.3 Å². The normalized spacial score (nSPS) is 31.8. The van der Waals surface area contributed by atoms with E-state index in [9.17, 15) is 9.59 Å². The molecule has 2 saturated carbocycles. The fourth-order valence-corrected chi connectivity index (χ4v) is 3.65. The number of urea groups is 1. The topological polar surface area (TPSA) is 69.6 Å². The zero-order valence-electron chi connectivity index (χ0n) is 12.1. The molecule has 2 amide bonds. The molecule has 0 bridgehead atoms. The van der Waals surface area contributed by atoms with Crippen molar-refractivity contribution in [3.05, 3.63) is 0 Å². The molecule has 1 heterocycles. The second-order valence-corrected chi connectivity index (χ2v) is 7.08. The largest absolute Gasteiger partial charge is 0.481 e. The Morgan fingerprint density at radius 3 is 2.55 bits per heavy atom. The molecule has 2 N–H and O–H groups in total. The predicted octanol–water partition coefficient (Wildman–Crippen LogP) is 1.93. The molecule has 112 valence electrons. The molecule has 20 heavy (non-hydrogen) atoms.